The summed E-state index contributed by atoms with van der Waals surface area (Å²) in [6.45, 7) is -0.0840. The van der Waals surface area contributed by atoms with Crippen molar-refractivity contribution in [2.75, 3.05) is 14.2 Å². The lowest BCUT2D eigenvalue weighted by molar-refractivity contribution is 0.280. The largest absolute Gasteiger partial charge is 0.493 e. The number of aromatic nitrogens is 2. The number of methoxy groups -OCH3 is 2. The molecule has 6 nitrogen and oxygen atoms in total. The minimum Gasteiger partial charge on any atom is -0.493 e. The van der Waals surface area contributed by atoms with Crippen molar-refractivity contribution >= 4 is 11.6 Å². The first-order valence-corrected chi connectivity index (χ1v) is 6.07. The minimum atomic E-state index is -0.0840. The molecule has 1 aromatic heterocycles. The van der Waals surface area contributed by atoms with Crippen molar-refractivity contribution in [2.24, 2.45) is 0 Å². The normalized spacial score (nSPS) is 10.2. The van der Waals surface area contributed by atoms with E-state index in [2.05, 4.69) is 9.97 Å². The summed E-state index contributed by atoms with van der Waals surface area (Å²) in [4.78, 5) is 7.78. The molecule has 1 aromatic carbocycles. The predicted octanol–water partition coefficient (Wildman–Crippen LogP) is 2.43. The number of aliphatic hydroxyl groups excluding tert-OH is 1. The maximum Gasteiger partial charge on any atom is 0.267 e. The Kier molecular flexibility index (Phi) is 4.60. The third-order valence-corrected chi connectivity index (χ3v) is 2.82. The maximum absolute atomic E-state index is 9.10. The number of aliphatic hydroxyl groups is 1. The van der Waals surface area contributed by atoms with E-state index in [1.807, 2.05) is 0 Å². The molecule has 0 saturated heterocycles. The highest BCUT2D eigenvalue weighted by Crippen LogP contribution is 2.37. The summed E-state index contributed by atoms with van der Waals surface area (Å²) in [5.41, 5.74) is 0.710. The molecular formula is C13H13ClN2O4. The molecule has 0 bridgehead atoms. The van der Waals surface area contributed by atoms with Gasteiger partial charge in [0.1, 0.15) is 6.33 Å². The molecule has 1 N–H and O–H groups in total. The molecule has 7 heteroatoms. The van der Waals surface area contributed by atoms with Crippen molar-refractivity contribution < 1.29 is 19.3 Å². The molecule has 0 fully saturated rings. The molecule has 1 heterocycles. The Morgan fingerprint density at radius 2 is 1.95 bits per heavy atom. The number of hydrogen-bond acceptors (Lipinski definition) is 6. The highest BCUT2D eigenvalue weighted by Gasteiger charge is 2.15. The van der Waals surface area contributed by atoms with Gasteiger partial charge in [0.05, 0.1) is 20.8 Å². The first kappa shape index (κ1) is 14.4. The molecule has 2 aromatic rings. The standard InChI is InChI=1S/C13H13ClN2O4/c1-18-10-5-8(6-17)3-4-9(10)20-13-11(19-2)12(14)15-7-16-13/h3-5,7,17H,6H2,1-2H3. The number of ether oxygens (including phenoxy) is 3. The van der Waals surface area contributed by atoms with Crippen LogP contribution in [0.5, 0.6) is 23.1 Å². The molecular weight excluding hydrogens is 284 g/mol. The van der Waals surface area contributed by atoms with Crippen LogP contribution in [0.3, 0.4) is 0 Å². The molecule has 0 radical (unpaired) electrons. The molecule has 0 aliphatic rings. The first-order valence-electron chi connectivity index (χ1n) is 5.69. The van der Waals surface area contributed by atoms with Crippen molar-refractivity contribution in [2.45, 2.75) is 6.61 Å². The van der Waals surface area contributed by atoms with Gasteiger partial charge < -0.3 is 19.3 Å². The van der Waals surface area contributed by atoms with E-state index in [4.69, 9.17) is 30.9 Å². The monoisotopic (exact) mass is 296 g/mol. The Labute approximate surface area is 120 Å². The van der Waals surface area contributed by atoms with Crippen LogP contribution in [0.4, 0.5) is 0 Å². The zero-order valence-corrected chi connectivity index (χ0v) is 11.7. The highest BCUT2D eigenvalue weighted by atomic mass is 35.5. The quantitative estimate of drug-likeness (QED) is 0.854. The molecule has 2 rings (SSSR count). The summed E-state index contributed by atoms with van der Waals surface area (Å²) in [7, 11) is 2.96. The fourth-order valence-corrected chi connectivity index (χ4v) is 1.78. The van der Waals surface area contributed by atoms with E-state index in [0.717, 1.165) is 0 Å². The van der Waals surface area contributed by atoms with E-state index < -0.39 is 0 Å². The summed E-state index contributed by atoms with van der Waals surface area (Å²) in [5, 5.41) is 9.26. The van der Waals surface area contributed by atoms with Crippen LogP contribution in [-0.2, 0) is 6.61 Å². The van der Waals surface area contributed by atoms with Gasteiger partial charge in [-0.3, -0.25) is 0 Å². The van der Waals surface area contributed by atoms with Gasteiger partial charge >= 0.3 is 0 Å². The van der Waals surface area contributed by atoms with E-state index in [1.54, 1.807) is 18.2 Å². The maximum atomic E-state index is 9.10. The molecule has 0 unspecified atom stereocenters. The topological polar surface area (TPSA) is 73.7 Å². The van der Waals surface area contributed by atoms with Crippen LogP contribution in [0.15, 0.2) is 24.5 Å². The summed E-state index contributed by atoms with van der Waals surface area (Å²) >= 11 is 5.90. The van der Waals surface area contributed by atoms with Crippen LogP contribution in [0.25, 0.3) is 0 Å². The van der Waals surface area contributed by atoms with Gasteiger partial charge in [-0.2, -0.15) is 4.98 Å². The average Bonchev–Trinajstić information content (AvgIpc) is 2.48. The van der Waals surface area contributed by atoms with Crippen LogP contribution in [0, 0.1) is 0 Å². The van der Waals surface area contributed by atoms with Crippen molar-refractivity contribution in [1.82, 2.24) is 9.97 Å². The Hall–Kier alpha value is -2.05. The highest BCUT2D eigenvalue weighted by molar-refractivity contribution is 6.31. The van der Waals surface area contributed by atoms with Crippen molar-refractivity contribution in [3.05, 3.63) is 35.2 Å². The number of hydrogen-bond donors (Lipinski definition) is 1. The Bertz CT molecular complexity index is 607. The average molecular weight is 297 g/mol. The van der Waals surface area contributed by atoms with Gasteiger partial charge in [-0.15, -0.1) is 0 Å². The first-order chi connectivity index (χ1) is 9.69. The van der Waals surface area contributed by atoms with Crippen LogP contribution >= 0.6 is 11.6 Å². The zero-order chi connectivity index (χ0) is 14.5. The second-order valence-electron chi connectivity index (χ2n) is 3.75. The summed E-state index contributed by atoms with van der Waals surface area (Å²) in [5.74, 6) is 1.32. The number of nitrogens with zero attached hydrogens (tertiary/aromatic N) is 2. The second kappa shape index (κ2) is 6.40. The van der Waals surface area contributed by atoms with E-state index in [9.17, 15) is 0 Å². The van der Waals surface area contributed by atoms with Gasteiger partial charge in [-0.05, 0) is 17.7 Å². The van der Waals surface area contributed by atoms with Crippen LogP contribution in [0.2, 0.25) is 5.15 Å². The number of halogens is 1. The third-order valence-electron chi connectivity index (χ3n) is 2.55. The molecule has 0 spiro atoms. The van der Waals surface area contributed by atoms with Crippen LogP contribution < -0.4 is 14.2 Å². The minimum absolute atomic E-state index is 0.0840. The lowest BCUT2D eigenvalue weighted by atomic mass is 10.2. The molecule has 0 saturated carbocycles. The van der Waals surface area contributed by atoms with E-state index in [-0.39, 0.29) is 23.4 Å². The fraction of sp³-hybridized carbons (Fsp3) is 0.231. The number of rotatable bonds is 5. The van der Waals surface area contributed by atoms with E-state index >= 15 is 0 Å². The van der Waals surface area contributed by atoms with Crippen molar-refractivity contribution in [1.29, 1.82) is 0 Å². The summed E-state index contributed by atoms with van der Waals surface area (Å²) < 4.78 is 15.9. The second-order valence-corrected chi connectivity index (χ2v) is 4.11. The molecule has 0 atom stereocenters. The molecule has 0 aliphatic heterocycles. The predicted molar refractivity (Wildman–Crippen MR) is 72.6 cm³/mol. The lowest BCUT2D eigenvalue weighted by Crippen LogP contribution is -1.98. The SMILES string of the molecule is COc1cc(CO)ccc1Oc1ncnc(Cl)c1OC. The zero-order valence-electron chi connectivity index (χ0n) is 11.0. The van der Waals surface area contributed by atoms with Crippen LogP contribution in [0.1, 0.15) is 5.56 Å². The molecule has 20 heavy (non-hydrogen) atoms. The Balaban J connectivity index is 2.37. The van der Waals surface area contributed by atoms with Gasteiger partial charge in [0.25, 0.3) is 5.88 Å². The Morgan fingerprint density at radius 1 is 1.15 bits per heavy atom. The molecule has 0 aliphatic carbocycles. The van der Waals surface area contributed by atoms with E-state index in [0.29, 0.717) is 17.1 Å². The number of benzene rings is 1. The summed E-state index contributed by atoms with van der Waals surface area (Å²) in [6.07, 6.45) is 1.27. The fourth-order valence-electron chi connectivity index (χ4n) is 1.58. The van der Waals surface area contributed by atoms with Gasteiger partial charge in [-0.25, -0.2) is 4.98 Å². The van der Waals surface area contributed by atoms with Gasteiger partial charge in [-0.1, -0.05) is 17.7 Å². The smallest absolute Gasteiger partial charge is 0.267 e. The Morgan fingerprint density at radius 3 is 2.60 bits per heavy atom. The van der Waals surface area contributed by atoms with E-state index in [1.165, 1.54) is 20.5 Å². The summed E-state index contributed by atoms with van der Waals surface area (Å²) in [6, 6.07) is 5.05. The van der Waals surface area contributed by atoms with Crippen molar-refractivity contribution in [3.63, 3.8) is 0 Å². The van der Waals surface area contributed by atoms with Crippen LogP contribution in [-0.4, -0.2) is 29.3 Å². The van der Waals surface area contributed by atoms with Gasteiger partial charge in [0.15, 0.2) is 16.7 Å². The molecule has 0 amide bonds. The van der Waals surface area contributed by atoms with Gasteiger partial charge in [0, 0.05) is 0 Å². The lowest BCUT2D eigenvalue weighted by Gasteiger charge is -2.12. The van der Waals surface area contributed by atoms with Gasteiger partial charge in [0.2, 0.25) is 5.75 Å². The van der Waals surface area contributed by atoms with Crippen molar-refractivity contribution in [3.8, 4) is 23.1 Å². The molecule has 106 valence electrons. The third kappa shape index (κ3) is 2.92.